The second kappa shape index (κ2) is 6.47. The Balaban J connectivity index is 2.02. The molecule has 102 valence electrons. The molecule has 19 heavy (non-hydrogen) atoms. The Labute approximate surface area is 117 Å². The zero-order valence-corrected chi connectivity index (χ0v) is 12.3. The molecule has 6 heteroatoms. The zero-order valence-electron chi connectivity index (χ0n) is 11.5. The van der Waals surface area contributed by atoms with Crippen molar-refractivity contribution >= 4 is 23.0 Å². The van der Waals surface area contributed by atoms with Gasteiger partial charge in [-0.05, 0) is 20.8 Å². The number of hydrogen-bond donors (Lipinski definition) is 2. The van der Waals surface area contributed by atoms with Crippen molar-refractivity contribution in [1.82, 2.24) is 15.0 Å². The van der Waals surface area contributed by atoms with Crippen molar-refractivity contribution in [2.45, 2.75) is 27.2 Å². The van der Waals surface area contributed by atoms with Crippen molar-refractivity contribution in [3.63, 3.8) is 0 Å². The van der Waals surface area contributed by atoms with Crippen molar-refractivity contribution in [2.24, 2.45) is 0 Å². The number of thiazole rings is 1. The SMILES string of the molecule is CCNc1nc(C)nc(NCCc2nccs2)c1C. The fraction of sp³-hybridized carbons (Fsp3) is 0.462. The van der Waals surface area contributed by atoms with Gasteiger partial charge in [0.05, 0.1) is 5.01 Å². The smallest absolute Gasteiger partial charge is 0.134 e. The lowest BCUT2D eigenvalue weighted by atomic mass is 10.3. The van der Waals surface area contributed by atoms with Crippen molar-refractivity contribution in [3.05, 3.63) is 28.0 Å². The molecule has 0 amide bonds. The van der Waals surface area contributed by atoms with Crippen LogP contribution in [0.2, 0.25) is 0 Å². The van der Waals surface area contributed by atoms with Gasteiger partial charge in [0, 0.05) is 36.7 Å². The highest BCUT2D eigenvalue weighted by molar-refractivity contribution is 7.09. The molecule has 2 aromatic heterocycles. The van der Waals surface area contributed by atoms with Gasteiger partial charge in [0.2, 0.25) is 0 Å². The number of aromatic nitrogens is 3. The van der Waals surface area contributed by atoms with Gasteiger partial charge < -0.3 is 10.6 Å². The monoisotopic (exact) mass is 277 g/mol. The first-order valence-corrected chi connectivity index (χ1v) is 7.30. The second-order valence-electron chi connectivity index (χ2n) is 4.23. The fourth-order valence-corrected chi connectivity index (χ4v) is 2.42. The molecule has 2 heterocycles. The number of rotatable bonds is 6. The summed E-state index contributed by atoms with van der Waals surface area (Å²) < 4.78 is 0. The van der Waals surface area contributed by atoms with Gasteiger partial charge in [-0.25, -0.2) is 15.0 Å². The molecular weight excluding hydrogens is 258 g/mol. The minimum absolute atomic E-state index is 0.776. The lowest BCUT2D eigenvalue weighted by Gasteiger charge is -2.13. The van der Waals surface area contributed by atoms with Crippen LogP contribution < -0.4 is 10.6 Å². The summed E-state index contributed by atoms with van der Waals surface area (Å²) in [6.45, 7) is 7.69. The van der Waals surface area contributed by atoms with E-state index in [4.69, 9.17) is 0 Å². The third-order valence-corrected chi connectivity index (χ3v) is 3.56. The van der Waals surface area contributed by atoms with Crippen LogP contribution in [0.3, 0.4) is 0 Å². The Morgan fingerprint density at radius 3 is 2.53 bits per heavy atom. The summed E-state index contributed by atoms with van der Waals surface area (Å²) in [5, 5.41) is 9.77. The average molecular weight is 277 g/mol. The summed E-state index contributed by atoms with van der Waals surface area (Å²) in [4.78, 5) is 13.1. The number of nitrogens with zero attached hydrogens (tertiary/aromatic N) is 3. The van der Waals surface area contributed by atoms with Gasteiger partial charge in [-0.1, -0.05) is 0 Å². The van der Waals surface area contributed by atoms with Crippen LogP contribution in [0.4, 0.5) is 11.6 Å². The predicted octanol–water partition coefficient (Wildman–Crippen LogP) is 2.64. The topological polar surface area (TPSA) is 62.7 Å². The summed E-state index contributed by atoms with van der Waals surface area (Å²) in [6, 6.07) is 0. The molecule has 0 radical (unpaired) electrons. The molecule has 0 aliphatic rings. The lowest BCUT2D eigenvalue weighted by Crippen LogP contribution is -2.12. The number of nitrogens with one attached hydrogen (secondary N) is 2. The lowest BCUT2D eigenvalue weighted by molar-refractivity contribution is 0.957. The highest BCUT2D eigenvalue weighted by Crippen LogP contribution is 2.19. The summed E-state index contributed by atoms with van der Waals surface area (Å²) >= 11 is 1.68. The summed E-state index contributed by atoms with van der Waals surface area (Å²) in [6.07, 6.45) is 2.75. The van der Waals surface area contributed by atoms with Crippen LogP contribution in [-0.2, 0) is 6.42 Å². The van der Waals surface area contributed by atoms with Gasteiger partial charge in [0.1, 0.15) is 17.5 Å². The summed E-state index contributed by atoms with van der Waals surface area (Å²) in [5.41, 5.74) is 1.06. The number of anilines is 2. The zero-order chi connectivity index (χ0) is 13.7. The van der Waals surface area contributed by atoms with Crippen molar-refractivity contribution < 1.29 is 0 Å². The second-order valence-corrected chi connectivity index (χ2v) is 5.21. The van der Waals surface area contributed by atoms with E-state index in [9.17, 15) is 0 Å². The molecule has 0 spiro atoms. The van der Waals surface area contributed by atoms with E-state index in [2.05, 4.69) is 32.5 Å². The molecule has 0 aliphatic heterocycles. The molecule has 2 N–H and O–H groups in total. The molecule has 0 aromatic carbocycles. The molecule has 0 bridgehead atoms. The first-order valence-electron chi connectivity index (χ1n) is 6.42. The van der Waals surface area contributed by atoms with Crippen molar-refractivity contribution in [2.75, 3.05) is 23.7 Å². The number of hydrogen-bond acceptors (Lipinski definition) is 6. The van der Waals surface area contributed by atoms with Crippen LogP contribution in [0.25, 0.3) is 0 Å². The van der Waals surface area contributed by atoms with Gasteiger partial charge in [-0.2, -0.15) is 0 Å². The molecule has 5 nitrogen and oxygen atoms in total. The van der Waals surface area contributed by atoms with Crippen LogP contribution in [0.1, 0.15) is 23.3 Å². The van der Waals surface area contributed by atoms with Crippen LogP contribution in [-0.4, -0.2) is 28.0 Å². The third kappa shape index (κ3) is 3.64. The molecule has 2 rings (SSSR count). The van der Waals surface area contributed by atoms with Gasteiger partial charge in [-0.3, -0.25) is 0 Å². The third-order valence-electron chi connectivity index (χ3n) is 2.72. The van der Waals surface area contributed by atoms with E-state index in [1.165, 1.54) is 0 Å². The van der Waals surface area contributed by atoms with E-state index in [0.717, 1.165) is 47.5 Å². The van der Waals surface area contributed by atoms with Crippen molar-refractivity contribution in [1.29, 1.82) is 0 Å². The molecule has 0 atom stereocenters. The summed E-state index contributed by atoms with van der Waals surface area (Å²) in [5.74, 6) is 2.59. The Morgan fingerprint density at radius 2 is 1.89 bits per heavy atom. The largest absolute Gasteiger partial charge is 0.370 e. The minimum atomic E-state index is 0.776. The van der Waals surface area contributed by atoms with E-state index >= 15 is 0 Å². The molecule has 2 aromatic rings. The quantitative estimate of drug-likeness (QED) is 0.850. The Hall–Kier alpha value is -1.69. The molecule has 0 fully saturated rings. The van der Waals surface area contributed by atoms with Gasteiger partial charge >= 0.3 is 0 Å². The summed E-state index contributed by atoms with van der Waals surface area (Å²) in [7, 11) is 0. The molecule has 0 saturated heterocycles. The number of aryl methyl sites for hydroxylation is 1. The average Bonchev–Trinajstić information content (AvgIpc) is 2.88. The van der Waals surface area contributed by atoms with E-state index in [1.54, 1.807) is 11.3 Å². The molecule has 0 aliphatic carbocycles. The maximum atomic E-state index is 4.46. The van der Waals surface area contributed by atoms with E-state index < -0.39 is 0 Å². The van der Waals surface area contributed by atoms with E-state index in [0.29, 0.717) is 0 Å². The normalized spacial score (nSPS) is 10.5. The molecule has 0 saturated carbocycles. The van der Waals surface area contributed by atoms with Gasteiger partial charge in [0.25, 0.3) is 0 Å². The Morgan fingerprint density at radius 1 is 1.16 bits per heavy atom. The van der Waals surface area contributed by atoms with Crippen LogP contribution in [0, 0.1) is 13.8 Å². The van der Waals surface area contributed by atoms with Crippen LogP contribution >= 0.6 is 11.3 Å². The Kier molecular flexibility index (Phi) is 4.68. The highest BCUT2D eigenvalue weighted by atomic mass is 32.1. The van der Waals surface area contributed by atoms with E-state index in [-0.39, 0.29) is 0 Å². The van der Waals surface area contributed by atoms with Crippen LogP contribution in [0.5, 0.6) is 0 Å². The first kappa shape index (κ1) is 13.7. The van der Waals surface area contributed by atoms with Crippen molar-refractivity contribution in [3.8, 4) is 0 Å². The highest BCUT2D eigenvalue weighted by Gasteiger charge is 2.08. The van der Waals surface area contributed by atoms with Gasteiger partial charge in [0.15, 0.2) is 0 Å². The standard InChI is InChI=1S/C13H19N5S/c1-4-14-12-9(2)13(18-10(3)17-12)16-6-5-11-15-7-8-19-11/h7-8H,4-6H2,1-3H3,(H2,14,16,17,18). The van der Waals surface area contributed by atoms with Gasteiger partial charge in [-0.15, -0.1) is 11.3 Å². The van der Waals surface area contributed by atoms with E-state index in [1.807, 2.05) is 25.4 Å². The molecular formula is C13H19N5S. The Bertz CT molecular complexity index is 524. The maximum absolute atomic E-state index is 4.46. The fourth-order valence-electron chi connectivity index (χ4n) is 1.80. The minimum Gasteiger partial charge on any atom is -0.370 e. The maximum Gasteiger partial charge on any atom is 0.134 e. The van der Waals surface area contributed by atoms with Crippen LogP contribution in [0.15, 0.2) is 11.6 Å². The first-order chi connectivity index (χ1) is 9.20. The molecule has 0 unspecified atom stereocenters. The predicted molar refractivity (Wildman–Crippen MR) is 80.0 cm³/mol.